The third-order valence-corrected chi connectivity index (χ3v) is 3.80. The van der Waals surface area contributed by atoms with Crippen molar-refractivity contribution >= 4 is 17.5 Å². The molecule has 0 aromatic heterocycles. The summed E-state index contributed by atoms with van der Waals surface area (Å²) in [6.45, 7) is 1.28. The number of methoxy groups -OCH3 is 1. The van der Waals surface area contributed by atoms with Gasteiger partial charge in [-0.25, -0.2) is 0 Å². The van der Waals surface area contributed by atoms with Crippen LogP contribution in [0.5, 0.6) is 5.75 Å². The molecule has 2 N–H and O–H groups in total. The molecule has 2 aromatic rings. The lowest BCUT2D eigenvalue weighted by Gasteiger charge is -2.19. The second-order valence-electron chi connectivity index (χ2n) is 5.56. The number of hydrogen-bond acceptors (Lipinski definition) is 4. The van der Waals surface area contributed by atoms with Gasteiger partial charge in [-0.15, -0.1) is 0 Å². The molecule has 0 saturated carbocycles. The fraction of sp³-hybridized carbons (Fsp3) is 0.263. The summed E-state index contributed by atoms with van der Waals surface area (Å²) in [5, 5.41) is 5.82. The summed E-state index contributed by atoms with van der Waals surface area (Å²) in [7, 11) is 5.14. The molecule has 2 amide bonds. The number of likely N-dealkylation sites (N-methyl/N-ethyl adjacent to an activating group) is 2. The van der Waals surface area contributed by atoms with E-state index in [0.717, 1.165) is 0 Å². The number of anilines is 1. The van der Waals surface area contributed by atoms with Gasteiger partial charge in [0.1, 0.15) is 5.75 Å². The van der Waals surface area contributed by atoms with Gasteiger partial charge in [-0.3, -0.25) is 9.59 Å². The number of amides is 2. The van der Waals surface area contributed by atoms with Crippen LogP contribution in [0.2, 0.25) is 0 Å². The van der Waals surface area contributed by atoms with E-state index in [1.54, 1.807) is 67.6 Å². The summed E-state index contributed by atoms with van der Waals surface area (Å²) in [6, 6.07) is 13.8. The van der Waals surface area contributed by atoms with E-state index in [2.05, 4.69) is 10.6 Å². The second kappa shape index (κ2) is 8.84. The molecule has 0 bridgehead atoms. The molecule has 0 fully saturated rings. The normalized spacial score (nSPS) is 10.2. The molecule has 6 heteroatoms. The standard InChI is InChI=1S/C19H23N3O3/c1-20-12-13-22(2)19(24)16-6-4-5-7-17(16)21-18(23)14-8-10-15(25-3)11-9-14/h4-11,20H,12-13H2,1-3H3,(H,21,23). The number of nitrogens with one attached hydrogen (secondary N) is 2. The number of hydrogen-bond donors (Lipinski definition) is 2. The van der Waals surface area contributed by atoms with Crippen LogP contribution >= 0.6 is 0 Å². The number of para-hydroxylation sites is 1. The highest BCUT2D eigenvalue weighted by atomic mass is 16.5. The fourth-order valence-electron chi connectivity index (χ4n) is 2.30. The molecule has 132 valence electrons. The Morgan fingerprint density at radius 1 is 1.08 bits per heavy atom. The first kappa shape index (κ1) is 18.5. The Morgan fingerprint density at radius 3 is 2.40 bits per heavy atom. The molecular formula is C19H23N3O3. The third kappa shape index (κ3) is 4.81. The molecule has 25 heavy (non-hydrogen) atoms. The molecule has 2 aromatic carbocycles. The van der Waals surface area contributed by atoms with Crippen LogP contribution in [0.25, 0.3) is 0 Å². The SMILES string of the molecule is CNCCN(C)C(=O)c1ccccc1NC(=O)c1ccc(OC)cc1. The predicted octanol–water partition coefficient (Wildman–Crippen LogP) is 2.24. The average Bonchev–Trinajstić information content (AvgIpc) is 2.66. The van der Waals surface area contributed by atoms with Crippen LogP contribution in [0.3, 0.4) is 0 Å². The monoisotopic (exact) mass is 341 g/mol. The number of carbonyl (C=O) groups excluding carboxylic acids is 2. The molecule has 0 atom stereocenters. The summed E-state index contributed by atoms with van der Waals surface area (Å²) < 4.78 is 5.09. The Balaban J connectivity index is 2.16. The average molecular weight is 341 g/mol. The van der Waals surface area contributed by atoms with Crippen LogP contribution in [0, 0.1) is 0 Å². The first-order chi connectivity index (χ1) is 12.1. The van der Waals surface area contributed by atoms with E-state index in [1.807, 2.05) is 7.05 Å². The maximum absolute atomic E-state index is 12.6. The van der Waals surface area contributed by atoms with Crippen molar-refractivity contribution in [1.29, 1.82) is 0 Å². The Hall–Kier alpha value is -2.86. The number of rotatable bonds is 7. The molecule has 2 rings (SSSR count). The summed E-state index contributed by atoms with van der Waals surface area (Å²) >= 11 is 0. The molecule has 0 aliphatic heterocycles. The topological polar surface area (TPSA) is 70.7 Å². The number of ether oxygens (including phenoxy) is 1. The molecule has 0 radical (unpaired) electrons. The number of carbonyl (C=O) groups is 2. The van der Waals surface area contributed by atoms with Gasteiger partial charge in [-0.1, -0.05) is 12.1 Å². The highest BCUT2D eigenvalue weighted by molar-refractivity contribution is 6.09. The largest absolute Gasteiger partial charge is 0.497 e. The van der Waals surface area contributed by atoms with Gasteiger partial charge >= 0.3 is 0 Å². The van der Waals surface area contributed by atoms with Crippen molar-refractivity contribution in [3.63, 3.8) is 0 Å². The Labute approximate surface area is 147 Å². The van der Waals surface area contributed by atoms with E-state index in [0.29, 0.717) is 35.7 Å². The Kier molecular flexibility index (Phi) is 6.54. The smallest absolute Gasteiger partial charge is 0.255 e. The van der Waals surface area contributed by atoms with Crippen LogP contribution in [0.1, 0.15) is 20.7 Å². The van der Waals surface area contributed by atoms with Gasteiger partial charge in [0.15, 0.2) is 0 Å². The van der Waals surface area contributed by atoms with Crippen molar-refractivity contribution in [3.05, 3.63) is 59.7 Å². The zero-order chi connectivity index (χ0) is 18.2. The van der Waals surface area contributed by atoms with Crippen LogP contribution < -0.4 is 15.4 Å². The number of benzene rings is 2. The zero-order valence-electron chi connectivity index (χ0n) is 14.7. The van der Waals surface area contributed by atoms with Crippen LogP contribution in [0.4, 0.5) is 5.69 Å². The first-order valence-corrected chi connectivity index (χ1v) is 8.01. The second-order valence-corrected chi connectivity index (χ2v) is 5.56. The summed E-state index contributed by atoms with van der Waals surface area (Å²) in [6.07, 6.45) is 0. The maximum atomic E-state index is 12.6. The van der Waals surface area contributed by atoms with E-state index >= 15 is 0 Å². The summed E-state index contributed by atoms with van der Waals surface area (Å²) in [5.74, 6) is 0.264. The molecule has 0 unspecified atom stereocenters. The molecule has 0 heterocycles. The highest BCUT2D eigenvalue weighted by Gasteiger charge is 2.17. The third-order valence-electron chi connectivity index (χ3n) is 3.80. The van der Waals surface area contributed by atoms with Crippen molar-refractivity contribution in [1.82, 2.24) is 10.2 Å². The van der Waals surface area contributed by atoms with Crippen molar-refractivity contribution in [2.24, 2.45) is 0 Å². The van der Waals surface area contributed by atoms with E-state index in [9.17, 15) is 9.59 Å². The van der Waals surface area contributed by atoms with Gasteiger partial charge in [0.25, 0.3) is 11.8 Å². The Bertz CT molecular complexity index is 729. The van der Waals surface area contributed by atoms with Crippen molar-refractivity contribution in [3.8, 4) is 5.75 Å². The van der Waals surface area contributed by atoms with E-state index in [1.165, 1.54) is 0 Å². The predicted molar refractivity (Wildman–Crippen MR) is 98.3 cm³/mol. The quantitative estimate of drug-likeness (QED) is 0.810. The zero-order valence-corrected chi connectivity index (χ0v) is 14.7. The lowest BCUT2D eigenvalue weighted by Crippen LogP contribution is -2.33. The first-order valence-electron chi connectivity index (χ1n) is 8.01. The fourth-order valence-corrected chi connectivity index (χ4v) is 2.30. The van der Waals surface area contributed by atoms with Gasteiger partial charge in [0, 0.05) is 25.7 Å². The molecule has 0 saturated heterocycles. The highest BCUT2D eigenvalue weighted by Crippen LogP contribution is 2.19. The molecular weight excluding hydrogens is 318 g/mol. The van der Waals surface area contributed by atoms with Gasteiger partial charge in [-0.2, -0.15) is 0 Å². The van der Waals surface area contributed by atoms with Crippen molar-refractivity contribution in [2.45, 2.75) is 0 Å². The summed E-state index contributed by atoms with van der Waals surface area (Å²) in [5.41, 5.74) is 1.44. The molecule has 0 aliphatic rings. The summed E-state index contributed by atoms with van der Waals surface area (Å²) in [4.78, 5) is 26.7. The van der Waals surface area contributed by atoms with E-state index in [-0.39, 0.29) is 11.8 Å². The maximum Gasteiger partial charge on any atom is 0.255 e. The Morgan fingerprint density at radius 2 is 1.76 bits per heavy atom. The van der Waals surface area contributed by atoms with Gasteiger partial charge < -0.3 is 20.3 Å². The van der Waals surface area contributed by atoms with Crippen LogP contribution in [0.15, 0.2) is 48.5 Å². The van der Waals surface area contributed by atoms with Crippen LogP contribution in [-0.2, 0) is 0 Å². The van der Waals surface area contributed by atoms with Crippen LogP contribution in [-0.4, -0.2) is 51.0 Å². The molecule has 0 spiro atoms. The van der Waals surface area contributed by atoms with Crippen molar-refractivity contribution < 1.29 is 14.3 Å². The van der Waals surface area contributed by atoms with Gasteiger partial charge in [0.05, 0.1) is 18.4 Å². The minimum Gasteiger partial charge on any atom is -0.497 e. The van der Waals surface area contributed by atoms with Crippen molar-refractivity contribution in [2.75, 3.05) is 39.6 Å². The van der Waals surface area contributed by atoms with Gasteiger partial charge in [0.2, 0.25) is 0 Å². The number of nitrogens with zero attached hydrogens (tertiary/aromatic N) is 1. The van der Waals surface area contributed by atoms with Gasteiger partial charge in [-0.05, 0) is 43.4 Å². The molecule has 0 aliphatic carbocycles. The lowest BCUT2D eigenvalue weighted by atomic mass is 10.1. The van der Waals surface area contributed by atoms with E-state index < -0.39 is 0 Å². The molecule has 6 nitrogen and oxygen atoms in total. The van der Waals surface area contributed by atoms with E-state index in [4.69, 9.17) is 4.74 Å². The minimum absolute atomic E-state index is 0.138. The lowest BCUT2D eigenvalue weighted by molar-refractivity contribution is 0.0798. The minimum atomic E-state index is -0.277.